The van der Waals surface area contributed by atoms with Gasteiger partial charge >= 0.3 is 6.18 Å². The van der Waals surface area contributed by atoms with Gasteiger partial charge in [-0.25, -0.2) is 4.39 Å². The number of hydrogen-bond acceptors (Lipinski definition) is 2. The summed E-state index contributed by atoms with van der Waals surface area (Å²) in [4.78, 5) is 11.9. The molecule has 1 fully saturated rings. The molecule has 1 aromatic carbocycles. The molecule has 0 radical (unpaired) electrons. The zero-order valence-electron chi connectivity index (χ0n) is 11.1. The fraction of sp³-hybridized carbons (Fsp3) is 0.500. The molecule has 1 aromatic rings. The van der Waals surface area contributed by atoms with Crippen LogP contribution in [0.25, 0.3) is 0 Å². The molecular formula is C14H15F4NO2. The van der Waals surface area contributed by atoms with Gasteiger partial charge in [-0.05, 0) is 43.9 Å². The van der Waals surface area contributed by atoms with Crippen LogP contribution >= 0.6 is 0 Å². The highest BCUT2D eigenvalue weighted by Crippen LogP contribution is 2.30. The van der Waals surface area contributed by atoms with Crippen LogP contribution in [-0.4, -0.2) is 23.2 Å². The van der Waals surface area contributed by atoms with Crippen molar-refractivity contribution in [1.29, 1.82) is 0 Å². The topological polar surface area (TPSA) is 49.3 Å². The van der Waals surface area contributed by atoms with Crippen molar-refractivity contribution in [3.05, 3.63) is 35.1 Å². The van der Waals surface area contributed by atoms with E-state index in [2.05, 4.69) is 5.32 Å². The third kappa shape index (κ3) is 4.17. The summed E-state index contributed by atoms with van der Waals surface area (Å²) in [6, 6.07) is 1.56. The van der Waals surface area contributed by atoms with E-state index < -0.39 is 29.6 Å². The van der Waals surface area contributed by atoms with Gasteiger partial charge in [0.25, 0.3) is 5.91 Å². The molecule has 7 heteroatoms. The van der Waals surface area contributed by atoms with Gasteiger partial charge < -0.3 is 10.4 Å². The molecule has 0 saturated heterocycles. The van der Waals surface area contributed by atoms with Crippen LogP contribution in [0.4, 0.5) is 17.6 Å². The summed E-state index contributed by atoms with van der Waals surface area (Å²) in [6.07, 6.45) is -2.94. The minimum absolute atomic E-state index is 0.210. The Morgan fingerprint density at radius 2 is 1.76 bits per heavy atom. The summed E-state index contributed by atoms with van der Waals surface area (Å²) in [6.45, 7) is 0. The average molecular weight is 305 g/mol. The van der Waals surface area contributed by atoms with Crippen LogP contribution in [0, 0.1) is 5.82 Å². The molecule has 2 N–H and O–H groups in total. The quantitative estimate of drug-likeness (QED) is 0.826. The number of carbonyl (C=O) groups excluding carboxylic acids is 1. The first-order valence-electron chi connectivity index (χ1n) is 6.62. The molecular weight excluding hydrogens is 290 g/mol. The molecule has 3 nitrogen and oxygen atoms in total. The first-order valence-corrected chi connectivity index (χ1v) is 6.62. The van der Waals surface area contributed by atoms with Crippen molar-refractivity contribution in [3.63, 3.8) is 0 Å². The lowest BCUT2D eigenvalue weighted by Gasteiger charge is -2.26. The summed E-state index contributed by atoms with van der Waals surface area (Å²) < 4.78 is 51.0. The van der Waals surface area contributed by atoms with Gasteiger partial charge in [-0.1, -0.05) is 0 Å². The van der Waals surface area contributed by atoms with Crippen LogP contribution in [0.15, 0.2) is 18.2 Å². The monoisotopic (exact) mass is 305 g/mol. The lowest BCUT2D eigenvalue weighted by atomic mass is 9.93. The number of carbonyl (C=O) groups is 1. The van der Waals surface area contributed by atoms with Crippen molar-refractivity contribution < 1.29 is 27.5 Å². The minimum Gasteiger partial charge on any atom is -0.393 e. The van der Waals surface area contributed by atoms with E-state index in [1.54, 1.807) is 0 Å². The lowest BCUT2D eigenvalue weighted by Crippen LogP contribution is -2.38. The van der Waals surface area contributed by atoms with Crippen LogP contribution in [0.1, 0.15) is 41.6 Å². The Labute approximate surface area is 119 Å². The number of alkyl halides is 3. The molecule has 1 amide bonds. The highest BCUT2D eigenvalue weighted by atomic mass is 19.4. The molecule has 2 rings (SSSR count). The number of halogens is 4. The molecule has 116 valence electrons. The Morgan fingerprint density at radius 3 is 2.33 bits per heavy atom. The maximum atomic E-state index is 13.2. The Bertz CT molecular complexity index is 522. The van der Waals surface area contributed by atoms with E-state index >= 15 is 0 Å². The molecule has 0 bridgehead atoms. The van der Waals surface area contributed by atoms with Gasteiger partial charge in [-0.2, -0.15) is 13.2 Å². The standard InChI is InChI=1S/C14H15F4NO2/c15-10-6-8(5-9(7-10)14(16,17)18)13(21)19-11-1-3-12(20)4-2-11/h5-7,11-12,20H,1-4H2,(H,19,21). The third-order valence-corrected chi connectivity index (χ3v) is 3.52. The Morgan fingerprint density at radius 1 is 1.14 bits per heavy atom. The van der Waals surface area contributed by atoms with Gasteiger partial charge in [0.05, 0.1) is 11.7 Å². The second-order valence-corrected chi connectivity index (χ2v) is 5.21. The van der Waals surface area contributed by atoms with Crippen molar-refractivity contribution in [3.8, 4) is 0 Å². The van der Waals surface area contributed by atoms with Crippen molar-refractivity contribution in [2.45, 2.75) is 44.0 Å². The lowest BCUT2D eigenvalue weighted by molar-refractivity contribution is -0.137. The van der Waals surface area contributed by atoms with E-state index in [0.29, 0.717) is 37.8 Å². The Kier molecular flexibility index (Phi) is 4.51. The van der Waals surface area contributed by atoms with Gasteiger partial charge in [0.15, 0.2) is 0 Å². The van der Waals surface area contributed by atoms with E-state index in [9.17, 15) is 27.5 Å². The van der Waals surface area contributed by atoms with E-state index in [4.69, 9.17) is 0 Å². The third-order valence-electron chi connectivity index (χ3n) is 3.52. The van der Waals surface area contributed by atoms with Gasteiger partial charge in [0.2, 0.25) is 0 Å². The first kappa shape index (κ1) is 15.8. The van der Waals surface area contributed by atoms with Crippen LogP contribution in [0.2, 0.25) is 0 Å². The van der Waals surface area contributed by atoms with E-state index in [-0.39, 0.29) is 11.6 Å². The van der Waals surface area contributed by atoms with Gasteiger partial charge in [0, 0.05) is 11.6 Å². The molecule has 0 aromatic heterocycles. The number of hydrogen-bond donors (Lipinski definition) is 2. The van der Waals surface area contributed by atoms with Crippen LogP contribution in [0.5, 0.6) is 0 Å². The molecule has 0 unspecified atom stereocenters. The second kappa shape index (κ2) is 6.01. The predicted molar refractivity (Wildman–Crippen MR) is 67.1 cm³/mol. The van der Waals surface area contributed by atoms with Crippen LogP contribution < -0.4 is 5.32 Å². The summed E-state index contributed by atoms with van der Waals surface area (Å²) in [7, 11) is 0. The summed E-state index contributed by atoms with van der Waals surface area (Å²) >= 11 is 0. The van der Waals surface area contributed by atoms with Crippen molar-refractivity contribution >= 4 is 5.91 Å². The molecule has 0 spiro atoms. The number of rotatable bonds is 2. The fourth-order valence-electron chi connectivity index (χ4n) is 2.37. The highest BCUT2D eigenvalue weighted by molar-refractivity contribution is 5.94. The predicted octanol–water partition coefficient (Wildman–Crippen LogP) is 2.88. The zero-order valence-corrected chi connectivity index (χ0v) is 11.1. The maximum Gasteiger partial charge on any atom is 0.416 e. The Hall–Kier alpha value is -1.63. The number of benzene rings is 1. The summed E-state index contributed by atoms with van der Waals surface area (Å²) in [5, 5.41) is 11.9. The van der Waals surface area contributed by atoms with Crippen molar-refractivity contribution in [1.82, 2.24) is 5.32 Å². The number of amides is 1. The molecule has 0 heterocycles. The maximum absolute atomic E-state index is 13.2. The summed E-state index contributed by atoms with van der Waals surface area (Å²) in [5.41, 5.74) is -1.54. The normalized spacial score (nSPS) is 22.9. The molecule has 1 aliphatic rings. The number of nitrogens with one attached hydrogen (secondary N) is 1. The molecule has 1 aliphatic carbocycles. The number of aliphatic hydroxyl groups is 1. The molecule has 0 aliphatic heterocycles. The van der Waals surface area contributed by atoms with Gasteiger partial charge in [-0.15, -0.1) is 0 Å². The van der Waals surface area contributed by atoms with E-state index in [1.807, 2.05) is 0 Å². The van der Waals surface area contributed by atoms with Crippen LogP contribution in [0.3, 0.4) is 0 Å². The van der Waals surface area contributed by atoms with E-state index in [1.165, 1.54) is 0 Å². The van der Waals surface area contributed by atoms with Crippen molar-refractivity contribution in [2.75, 3.05) is 0 Å². The van der Waals surface area contributed by atoms with Gasteiger partial charge in [0.1, 0.15) is 5.82 Å². The second-order valence-electron chi connectivity index (χ2n) is 5.21. The van der Waals surface area contributed by atoms with Crippen LogP contribution in [-0.2, 0) is 6.18 Å². The zero-order chi connectivity index (χ0) is 15.6. The Balaban J connectivity index is 2.10. The smallest absolute Gasteiger partial charge is 0.393 e. The largest absolute Gasteiger partial charge is 0.416 e. The molecule has 0 atom stereocenters. The minimum atomic E-state index is -4.70. The SMILES string of the molecule is O=C(NC1CCC(O)CC1)c1cc(F)cc(C(F)(F)F)c1. The fourth-order valence-corrected chi connectivity index (χ4v) is 2.37. The van der Waals surface area contributed by atoms with E-state index in [0.717, 1.165) is 6.07 Å². The average Bonchev–Trinajstić information content (AvgIpc) is 2.39. The van der Waals surface area contributed by atoms with Gasteiger partial charge in [-0.3, -0.25) is 4.79 Å². The first-order chi connectivity index (χ1) is 9.75. The summed E-state index contributed by atoms with van der Waals surface area (Å²) in [5.74, 6) is -1.84. The highest BCUT2D eigenvalue weighted by Gasteiger charge is 2.32. The van der Waals surface area contributed by atoms with Crippen molar-refractivity contribution in [2.24, 2.45) is 0 Å². The molecule has 21 heavy (non-hydrogen) atoms. The number of aliphatic hydroxyl groups excluding tert-OH is 1. The molecule has 1 saturated carbocycles.